The lowest BCUT2D eigenvalue weighted by atomic mass is 10.3. The molecule has 0 radical (unpaired) electrons. The second-order valence-corrected chi connectivity index (χ2v) is 9.69. The van der Waals surface area contributed by atoms with Crippen LogP contribution in [-0.2, 0) is 9.47 Å². The Morgan fingerprint density at radius 1 is 1.06 bits per heavy atom. The van der Waals surface area contributed by atoms with Crippen molar-refractivity contribution in [1.82, 2.24) is 30.4 Å². The molecule has 1 N–H and O–H groups in total. The first-order chi connectivity index (χ1) is 15.2. The number of rotatable bonds is 16. The van der Waals surface area contributed by atoms with E-state index in [4.69, 9.17) is 21.7 Å². The number of ether oxygens (including phenoxy) is 2. The van der Waals surface area contributed by atoms with Crippen molar-refractivity contribution in [3.8, 4) is 5.69 Å². The maximum absolute atomic E-state index is 5.56. The van der Waals surface area contributed by atoms with Crippen molar-refractivity contribution in [1.29, 1.82) is 0 Å². The maximum Gasteiger partial charge on any atom is 0.214 e. The zero-order chi connectivity index (χ0) is 22.2. The van der Waals surface area contributed by atoms with Gasteiger partial charge in [0.1, 0.15) is 4.32 Å². The van der Waals surface area contributed by atoms with Crippen LogP contribution in [0.3, 0.4) is 0 Å². The zero-order valence-corrected chi connectivity index (χ0v) is 20.7. The summed E-state index contributed by atoms with van der Waals surface area (Å²) >= 11 is 8.65. The molecule has 2 aromatic rings. The van der Waals surface area contributed by atoms with Gasteiger partial charge < -0.3 is 19.7 Å². The summed E-state index contributed by atoms with van der Waals surface area (Å²) in [4.78, 5) is 2.10. The summed E-state index contributed by atoms with van der Waals surface area (Å²) in [5, 5.41) is 16.1. The van der Waals surface area contributed by atoms with E-state index in [0.29, 0.717) is 19.8 Å². The number of benzene rings is 1. The van der Waals surface area contributed by atoms with Gasteiger partial charge in [-0.25, -0.2) is 0 Å². The number of likely N-dealkylation sites (N-methyl/N-ethyl adjacent to an activating group) is 1. The van der Waals surface area contributed by atoms with E-state index < -0.39 is 0 Å². The van der Waals surface area contributed by atoms with Crippen LogP contribution in [0, 0.1) is 0 Å². The van der Waals surface area contributed by atoms with E-state index in [1.807, 2.05) is 44.4 Å². The van der Waals surface area contributed by atoms with Gasteiger partial charge >= 0.3 is 0 Å². The fraction of sp³-hybridized carbons (Fsp3) is 0.600. The lowest BCUT2D eigenvalue weighted by Gasteiger charge is -2.10. The van der Waals surface area contributed by atoms with E-state index in [2.05, 4.69) is 25.7 Å². The average Bonchev–Trinajstić information content (AvgIpc) is 3.24. The molecule has 31 heavy (non-hydrogen) atoms. The molecule has 8 nitrogen and oxygen atoms in total. The molecule has 172 valence electrons. The van der Waals surface area contributed by atoms with Gasteiger partial charge in [-0.1, -0.05) is 53.9 Å². The number of para-hydroxylation sites is 1. The van der Waals surface area contributed by atoms with Gasteiger partial charge in [0.25, 0.3) is 0 Å². The minimum absolute atomic E-state index is 0.624. The van der Waals surface area contributed by atoms with Gasteiger partial charge in [-0.2, -0.15) is 4.68 Å². The molecule has 0 amide bonds. The molecule has 1 aromatic heterocycles. The molecule has 0 saturated carbocycles. The highest BCUT2D eigenvalue weighted by Gasteiger charge is 2.08. The molecular formula is C20H32N6O2S3. The molecule has 0 bridgehead atoms. The lowest BCUT2D eigenvalue weighted by molar-refractivity contribution is 0.0483. The molecule has 1 heterocycles. The number of thioether (sulfide) groups is 2. The predicted octanol–water partition coefficient (Wildman–Crippen LogP) is 2.74. The highest BCUT2D eigenvalue weighted by Crippen LogP contribution is 2.19. The number of nitrogens with one attached hydrogen (secondary N) is 1. The summed E-state index contributed by atoms with van der Waals surface area (Å²) in [5.41, 5.74) is 0.972. The van der Waals surface area contributed by atoms with Gasteiger partial charge in [0, 0.05) is 24.6 Å². The quantitative estimate of drug-likeness (QED) is 0.218. The van der Waals surface area contributed by atoms with Crippen molar-refractivity contribution < 1.29 is 9.47 Å². The Bertz CT molecular complexity index is 733. The number of nitrogens with zero attached hydrogens (tertiary/aromatic N) is 5. The number of tetrazole rings is 1. The summed E-state index contributed by atoms with van der Waals surface area (Å²) in [6.45, 7) is 4.48. The molecule has 0 spiro atoms. The van der Waals surface area contributed by atoms with Crippen LogP contribution in [0.15, 0.2) is 35.5 Å². The molecular weight excluding hydrogens is 452 g/mol. The van der Waals surface area contributed by atoms with E-state index in [9.17, 15) is 0 Å². The standard InChI is InChI=1S/C20H32N6O2S3/c1-25(2)11-12-27-13-14-28-15-17-31-20(29)21-10-6-7-16-30-19-22-23-24-26(19)18-8-4-3-5-9-18/h3-5,8-9H,6-7,10-17H2,1-2H3,(H,21,29). The van der Waals surface area contributed by atoms with E-state index in [0.717, 1.165) is 59.2 Å². The highest BCUT2D eigenvalue weighted by molar-refractivity contribution is 8.22. The molecule has 0 fully saturated rings. The first kappa shape index (κ1) is 26.0. The van der Waals surface area contributed by atoms with Crippen LogP contribution in [0.4, 0.5) is 0 Å². The Labute approximate surface area is 198 Å². The number of aromatic nitrogens is 4. The van der Waals surface area contributed by atoms with Gasteiger partial charge in [0.2, 0.25) is 5.16 Å². The third-order valence-electron chi connectivity index (χ3n) is 4.03. The first-order valence-corrected chi connectivity index (χ1v) is 12.7. The maximum atomic E-state index is 5.56. The number of thiocarbonyl (C=S) groups is 1. The minimum atomic E-state index is 0.624. The van der Waals surface area contributed by atoms with E-state index in [-0.39, 0.29) is 0 Å². The molecule has 0 saturated heterocycles. The molecule has 0 atom stereocenters. The molecule has 0 aliphatic rings. The van der Waals surface area contributed by atoms with Crippen molar-refractivity contribution in [2.75, 3.05) is 65.1 Å². The Hall–Kier alpha value is -1.24. The van der Waals surface area contributed by atoms with E-state index in [1.165, 1.54) is 0 Å². The fourth-order valence-electron chi connectivity index (χ4n) is 2.39. The smallest absolute Gasteiger partial charge is 0.214 e. The van der Waals surface area contributed by atoms with Crippen LogP contribution in [0.5, 0.6) is 0 Å². The number of hydrogen-bond acceptors (Lipinski definition) is 9. The summed E-state index contributed by atoms with van der Waals surface area (Å²) in [7, 11) is 4.07. The molecule has 0 aliphatic carbocycles. The third kappa shape index (κ3) is 11.8. The van der Waals surface area contributed by atoms with Gasteiger partial charge in [-0.3, -0.25) is 0 Å². The van der Waals surface area contributed by atoms with Crippen molar-refractivity contribution >= 4 is 40.1 Å². The van der Waals surface area contributed by atoms with Gasteiger partial charge in [-0.15, -0.1) is 5.10 Å². The Morgan fingerprint density at radius 2 is 1.84 bits per heavy atom. The Morgan fingerprint density at radius 3 is 2.61 bits per heavy atom. The summed E-state index contributed by atoms with van der Waals surface area (Å²) < 4.78 is 13.6. The molecule has 0 unspecified atom stereocenters. The zero-order valence-electron chi connectivity index (χ0n) is 18.2. The normalized spacial score (nSPS) is 11.2. The average molecular weight is 485 g/mol. The highest BCUT2D eigenvalue weighted by atomic mass is 32.2. The summed E-state index contributed by atoms with van der Waals surface area (Å²) in [6, 6.07) is 9.92. The monoisotopic (exact) mass is 484 g/mol. The summed E-state index contributed by atoms with van der Waals surface area (Å²) in [6.07, 6.45) is 2.10. The van der Waals surface area contributed by atoms with Gasteiger partial charge in [0.15, 0.2) is 0 Å². The summed E-state index contributed by atoms with van der Waals surface area (Å²) in [5.74, 6) is 1.81. The fourth-order valence-corrected chi connectivity index (χ4v) is 4.23. The van der Waals surface area contributed by atoms with Crippen molar-refractivity contribution in [2.24, 2.45) is 0 Å². The van der Waals surface area contributed by atoms with Crippen LogP contribution in [-0.4, -0.2) is 94.5 Å². The van der Waals surface area contributed by atoms with E-state index in [1.54, 1.807) is 28.2 Å². The minimum Gasteiger partial charge on any atom is -0.378 e. The molecule has 11 heteroatoms. The van der Waals surface area contributed by atoms with Gasteiger partial charge in [0.05, 0.1) is 32.1 Å². The van der Waals surface area contributed by atoms with E-state index >= 15 is 0 Å². The van der Waals surface area contributed by atoms with Crippen LogP contribution in [0.25, 0.3) is 5.69 Å². The topological polar surface area (TPSA) is 77.3 Å². The first-order valence-electron chi connectivity index (χ1n) is 10.3. The second kappa shape index (κ2) is 16.4. The van der Waals surface area contributed by atoms with Crippen LogP contribution in [0.1, 0.15) is 12.8 Å². The second-order valence-electron chi connectivity index (χ2n) is 6.86. The van der Waals surface area contributed by atoms with Crippen molar-refractivity contribution in [2.45, 2.75) is 18.0 Å². The Balaban J connectivity index is 1.43. The molecule has 2 rings (SSSR count). The molecule has 1 aromatic carbocycles. The molecule has 0 aliphatic heterocycles. The third-order valence-corrected chi connectivity index (χ3v) is 6.31. The Kier molecular flexibility index (Phi) is 13.8. The van der Waals surface area contributed by atoms with Crippen LogP contribution in [0.2, 0.25) is 0 Å². The van der Waals surface area contributed by atoms with Crippen molar-refractivity contribution in [3.63, 3.8) is 0 Å². The van der Waals surface area contributed by atoms with Crippen LogP contribution >= 0.6 is 35.7 Å². The lowest BCUT2D eigenvalue weighted by Crippen LogP contribution is -2.21. The van der Waals surface area contributed by atoms with Crippen LogP contribution < -0.4 is 5.32 Å². The SMILES string of the molecule is CN(C)CCOCCOCCSC(=S)NCCCCSc1nnnn1-c1ccccc1. The van der Waals surface area contributed by atoms with Gasteiger partial charge in [-0.05, 0) is 49.5 Å². The predicted molar refractivity (Wildman–Crippen MR) is 132 cm³/mol. The number of unbranched alkanes of at least 4 members (excludes halogenated alkanes) is 1. The number of hydrogen-bond donors (Lipinski definition) is 1. The largest absolute Gasteiger partial charge is 0.378 e. The van der Waals surface area contributed by atoms with Crippen molar-refractivity contribution in [3.05, 3.63) is 30.3 Å².